The molecule has 1 fully saturated rings. The van der Waals surface area contributed by atoms with Crippen molar-refractivity contribution in [1.82, 2.24) is 10.2 Å². The molecular weight excluding hydrogens is 240 g/mol. The van der Waals surface area contributed by atoms with Crippen LogP contribution in [0.3, 0.4) is 0 Å². The summed E-state index contributed by atoms with van der Waals surface area (Å²) in [6, 6.07) is 0.0200. The highest BCUT2D eigenvalue weighted by atomic mass is 16.3. The summed E-state index contributed by atoms with van der Waals surface area (Å²) in [6.45, 7) is 3.80. The molecule has 19 heavy (non-hydrogen) atoms. The standard InChI is InChI=1S/C15H30N2O2/c1-2-3-4-5-6-7-8-9-12-17-14(13-18)10-11-16-15(17)19/h14,18H,2-13H2,1H3,(H,16,19)/t14-/m0/s1. The van der Waals surface area contributed by atoms with Crippen molar-refractivity contribution in [3.8, 4) is 0 Å². The van der Waals surface area contributed by atoms with Crippen molar-refractivity contribution in [3.05, 3.63) is 0 Å². The van der Waals surface area contributed by atoms with Gasteiger partial charge in [-0.15, -0.1) is 0 Å². The van der Waals surface area contributed by atoms with E-state index >= 15 is 0 Å². The van der Waals surface area contributed by atoms with E-state index < -0.39 is 0 Å². The van der Waals surface area contributed by atoms with Crippen molar-refractivity contribution in [2.24, 2.45) is 0 Å². The van der Waals surface area contributed by atoms with Crippen LogP contribution >= 0.6 is 0 Å². The summed E-state index contributed by atoms with van der Waals surface area (Å²) in [6.07, 6.45) is 11.0. The molecule has 2 N–H and O–H groups in total. The molecule has 1 rings (SSSR count). The van der Waals surface area contributed by atoms with Gasteiger partial charge in [0.25, 0.3) is 0 Å². The highest BCUT2D eigenvalue weighted by Crippen LogP contribution is 2.13. The number of amides is 2. The van der Waals surface area contributed by atoms with Gasteiger partial charge in [-0.25, -0.2) is 4.79 Å². The summed E-state index contributed by atoms with van der Waals surface area (Å²) < 4.78 is 0. The van der Waals surface area contributed by atoms with Gasteiger partial charge in [-0.05, 0) is 12.8 Å². The van der Waals surface area contributed by atoms with E-state index in [1.165, 1.54) is 44.9 Å². The van der Waals surface area contributed by atoms with E-state index in [9.17, 15) is 9.90 Å². The van der Waals surface area contributed by atoms with Gasteiger partial charge in [0.2, 0.25) is 0 Å². The second kappa shape index (κ2) is 10.1. The topological polar surface area (TPSA) is 52.6 Å². The number of aliphatic hydroxyl groups excluding tert-OH is 1. The third-order valence-electron chi connectivity index (χ3n) is 3.92. The number of hydrogen-bond acceptors (Lipinski definition) is 2. The average molecular weight is 270 g/mol. The first kappa shape index (κ1) is 16.3. The Kier molecular flexibility index (Phi) is 8.63. The number of urea groups is 1. The van der Waals surface area contributed by atoms with Gasteiger partial charge >= 0.3 is 6.03 Å². The lowest BCUT2D eigenvalue weighted by atomic mass is 10.1. The third-order valence-corrected chi connectivity index (χ3v) is 3.92. The van der Waals surface area contributed by atoms with Gasteiger partial charge in [0.15, 0.2) is 0 Å². The quantitative estimate of drug-likeness (QED) is 0.600. The van der Waals surface area contributed by atoms with Crippen LogP contribution in [0.1, 0.15) is 64.7 Å². The summed E-state index contributed by atoms with van der Waals surface area (Å²) in [7, 11) is 0. The Morgan fingerprint density at radius 1 is 1.16 bits per heavy atom. The molecule has 0 aromatic carbocycles. The Morgan fingerprint density at radius 3 is 2.42 bits per heavy atom. The average Bonchev–Trinajstić information content (AvgIpc) is 2.43. The molecule has 4 heteroatoms. The first-order chi connectivity index (χ1) is 9.29. The van der Waals surface area contributed by atoms with E-state index in [1.54, 1.807) is 4.90 Å². The van der Waals surface area contributed by atoms with E-state index in [2.05, 4.69) is 12.2 Å². The fourth-order valence-electron chi connectivity index (χ4n) is 2.66. The summed E-state index contributed by atoms with van der Waals surface area (Å²) in [4.78, 5) is 13.5. The van der Waals surface area contributed by atoms with Crippen LogP contribution < -0.4 is 5.32 Å². The molecule has 112 valence electrons. The number of carbonyl (C=O) groups is 1. The Labute approximate surface area is 117 Å². The molecule has 1 aliphatic rings. The number of hydrogen-bond donors (Lipinski definition) is 2. The molecule has 0 spiro atoms. The van der Waals surface area contributed by atoms with Crippen LogP contribution in [0.2, 0.25) is 0 Å². The van der Waals surface area contributed by atoms with Gasteiger partial charge in [0.1, 0.15) is 0 Å². The molecule has 1 saturated heterocycles. The van der Waals surface area contributed by atoms with E-state index in [1.807, 2.05) is 0 Å². The van der Waals surface area contributed by atoms with E-state index in [-0.39, 0.29) is 18.7 Å². The van der Waals surface area contributed by atoms with Crippen LogP contribution in [0.4, 0.5) is 4.79 Å². The number of nitrogens with one attached hydrogen (secondary N) is 1. The van der Waals surface area contributed by atoms with Crippen molar-refractivity contribution < 1.29 is 9.90 Å². The van der Waals surface area contributed by atoms with Crippen molar-refractivity contribution in [2.45, 2.75) is 70.8 Å². The van der Waals surface area contributed by atoms with Crippen LogP contribution in [0.25, 0.3) is 0 Å². The van der Waals surface area contributed by atoms with Crippen molar-refractivity contribution in [1.29, 1.82) is 0 Å². The van der Waals surface area contributed by atoms with Crippen molar-refractivity contribution >= 4 is 6.03 Å². The zero-order valence-electron chi connectivity index (χ0n) is 12.4. The fraction of sp³-hybridized carbons (Fsp3) is 0.933. The summed E-state index contributed by atoms with van der Waals surface area (Å²) in [5.41, 5.74) is 0. The molecule has 0 saturated carbocycles. The van der Waals surface area contributed by atoms with Crippen LogP contribution in [-0.2, 0) is 0 Å². The zero-order chi connectivity index (χ0) is 13.9. The van der Waals surface area contributed by atoms with Gasteiger partial charge < -0.3 is 15.3 Å². The molecule has 0 unspecified atom stereocenters. The first-order valence-electron chi connectivity index (χ1n) is 7.95. The van der Waals surface area contributed by atoms with Gasteiger partial charge in [0, 0.05) is 13.1 Å². The Balaban J connectivity index is 2.05. The van der Waals surface area contributed by atoms with E-state index in [0.29, 0.717) is 6.54 Å². The Morgan fingerprint density at radius 2 is 1.79 bits per heavy atom. The predicted octanol–water partition coefficient (Wildman–Crippen LogP) is 2.90. The molecule has 4 nitrogen and oxygen atoms in total. The number of nitrogens with zero attached hydrogens (tertiary/aromatic N) is 1. The molecule has 0 aliphatic carbocycles. The van der Waals surface area contributed by atoms with Crippen LogP contribution in [0, 0.1) is 0 Å². The summed E-state index contributed by atoms with van der Waals surface area (Å²) in [5.74, 6) is 0. The number of rotatable bonds is 10. The Hall–Kier alpha value is -0.770. The summed E-state index contributed by atoms with van der Waals surface area (Å²) in [5, 5.41) is 12.1. The van der Waals surface area contributed by atoms with Crippen molar-refractivity contribution in [3.63, 3.8) is 0 Å². The van der Waals surface area contributed by atoms with Crippen LogP contribution in [-0.4, -0.2) is 41.8 Å². The minimum absolute atomic E-state index is 0.00625. The third kappa shape index (κ3) is 6.28. The van der Waals surface area contributed by atoms with E-state index in [0.717, 1.165) is 19.4 Å². The van der Waals surface area contributed by atoms with Gasteiger partial charge in [-0.3, -0.25) is 0 Å². The highest BCUT2D eigenvalue weighted by molar-refractivity contribution is 5.75. The molecule has 0 bridgehead atoms. The molecule has 1 aliphatic heterocycles. The fourth-order valence-corrected chi connectivity index (χ4v) is 2.66. The molecule has 1 heterocycles. The molecular formula is C15H30N2O2. The molecule has 2 amide bonds. The normalized spacial score (nSPS) is 19.6. The largest absolute Gasteiger partial charge is 0.394 e. The number of carbonyl (C=O) groups excluding carboxylic acids is 1. The maximum Gasteiger partial charge on any atom is 0.317 e. The number of unbranched alkanes of at least 4 members (excludes halogenated alkanes) is 7. The lowest BCUT2D eigenvalue weighted by Crippen LogP contribution is -2.53. The number of aliphatic hydroxyl groups is 1. The maximum absolute atomic E-state index is 11.7. The second-order valence-electron chi connectivity index (χ2n) is 5.53. The minimum atomic E-state index is -0.00625. The lowest BCUT2D eigenvalue weighted by Gasteiger charge is -2.34. The van der Waals surface area contributed by atoms with Crippen LogP contribution in [0.5, 0.6) is 0 Å². The second-order valence-corrected chi connectivity index (χ2v) is 5.53. The highest BCUT2D eigenvalue weighted by Gasteiger charge is 2.26. The maximum atomic E-state index is 11.7. The SMILES string of the molecule is CCCCCCCCCCN1C(=O)NCC[C@H]1CO. The first-order valence-corrected chi connectivity index (χ1v) is 7.95. The molecule has 1 atom stereocenters. The van der Waals surface area contributed by atoms with Crippen molar-refractivity contribution in [2.75, 3.05) is 19.7 Å². The molecule has 0 aromatic heterocycles. The molecule has 0 radical (unpaired) electrons. The minimum Gasteiger partial charge on any atom is -0.394 e. The van der Waals surface area contributed by atoms with E-state index in [4.69, 9.17) is 0 Å². The predicted molar refractivity (Wildman–Crippen MR) is 78.2 cm³/mol. The van der Waals surface area contributed by atoms with Gasteiger partial charge in [0.05, 0.1) is 12.6 Å². The Bertz CT molecular complexity index is 246. The molecule has 0 aromatic rings. The summed E-state index contributed by atoms with van der Waals surface area (Å²) >= 11 is 0. The monoisotopic (exact) mass is 270 g/mol. The zero-order valence-corrected chi connectivity index (χ0v) is 12.4. The van der Waals surface area contributed by atoms with Crippen LogP contribution in [0.15, 0.2) is 0 Å². The van der Waals surface area contributed by atoms with Gasteiger partial charge in [-0.2, -0.15) is 0 Å². The lowest BCUT2D eigenvalue weighted by molar-refractivity contribution is 0.111. The van der Waals surface area contributed by atoms with Gasteiger partial charge in [-0.1, -0.05) is 51.9 Å². The smallest absolute Gasteiger partial charge is 0.317 e.